The van der Waals surface area contributed by atoms with Gasteiger partial charge in [-0.2, -0.15) is 0 Å². The molecule has 1 aliphatic rings. The SMILES string of the molecule is COc1ccc(CN2CCN(Cc3ccccn3)CC2)cc1.O=C(O)C(=O)O. The number of piperazine rings is 1. The fraction of sp³-hybridized carbons (Fsp3) is 0.350. The van der Waals surface area contributed by atoms with Gasteiger partial charge in [-0.25, -0.2) is 9.59 Å². The first-order chi connectivity index (χ1) is 13.5. The summed E-state index contributed by atoms with van der Waals surface area (Å²) >= 11 is 0. The van der Waals surface area contributed by atoms with Crippen molar-refractivity contribution in [3.8, 4) is 5.75 Å². The second kappa shape index (κ2) is 11.0. The summed E-state index contributed by atoms with van der Waals surface area (Å²) in [4.78, 5) is 27.6. The van der Waals surface area contributed by atoms with E-state index in [4.69, 9.17) is 24.5 Å². The third-order valence-electron chi connectivity index (χ3n) is 4.32. The molecular weight excluding hydrogens is 362 g/mol. The molecule has 150 valence electrons. The summed E-state index contributed by atoms with van der Waals surface area (Å²) < 4.78 is 5.20. The smallest absolute Gasteiger partial charge is 0.414 e. The lowest BCUT2D eigenvalue weighted by atomic mass is 10.2. The zero-order chi connectivity index (χ0) is 20.4. The molecule has 0 aliphatic carbocycles. The molecular formula is C20H25N3O5. The van der Waals surface area contributed by atoms with Gasteiger partial charge in [0.2, 0.25) is 0 Å². The van der Waals surface area contributed by atoms with Crippen molar-refractivity contribution in [2.24, 2.45) is 0 Å². The number of benzene rings is 1. The van der Waals surface area contributed by atoms with Crippen LogP contribution in [0.1, 0.15) is 11.3 Å². The summed E-state index contributed by atoms with van der Waals surface area (Å²) in [5.74, 6) is -2.73. The Labute approximate surface area is 164 Å². The van der Waals surface area contributed by atoms with Crippen molar-refractivity contribution in [2.45, 2.75) is 13.1 Å². The number of ether oxygens (including phenoxy) is 1. The molecule has 2 aromatic rings. The first-order valence-corrected chi connectivity index (χ1v) is 8.91. The number of aromatic nitrogens is 1. The maximum absolute atomic E-state index is 9.10. The first kappa shape index (κ1) is 21.3. The largest absolute Gasteiger partial charge is 0.497 e. The summed E-state index contributed by atoms with van der Waals surface area (Å²) in [7, 11) is 1.70. The number of carbonyl (C=O) groups is 2. The van der Waals surface area contributed by atoms with Crippen LogP contribution in [-0.2, 0) is 22.7 Å². The van der Waals surface area contributed by atoms with Gasteiger partial charge in [-0.1, -0.05) is 18.2 Å². The van der Waals surface area contributed by atoms with Gasteiger partial charge in [-0.05, 0) is 29.8 Å². The predicted octanol–water partition coefficient (Wildman–Crippen LogP) is 1.56. The minimum atomic E-state index is -1.82. The highest BCUT2D eigenvalue weighted by atomic mass is 16.5. The number of rotatable bonds is 5. The molecule has 3 rings (SSSR count). The van der Waals surface area contributed by atoms with E-state index in [0.717, 1.165) is 50.7 Å². The van der Waals surface area contributed by atoms with Gasteiger partial charge in [0, 0.05) is 45.5 Å². The summed E-state index contributed by atoms with van der Waals surface area (Å²) in [5, 5.41) is 14.8. The molecule has 2 heterocycles. The average Bonchev–Trinajstić information content (AvgIpc) is 2.71. The fourth-order valence-corrected chi connectivity index (χ4v) is 2.82. The Bertz CT molecular complexity index is 732. The maximum Gasteiger partial charge on any atom is 0.414 e. The Morgan fingerprint density at radius 3 is 1.96 bits per heavy atom. The van der Waals surface area contributed by atoms with Gasteiger partial charge in [0.1, 0.15) is 5.75 Å². The third kappa shape index (κ3) is 7.34. The highest BCUT2D eigenvalue weighted by molar-refractivity contribution is 6.27. The number of aliphatic carboxylic acids is 2. The fourth-order valence-electron chi connectivity index (χ4n) is 2.82. The van der Waals surface area contributed by atoms with E-state index in [1.54, 1.807) is 7.11 Å². The molecule has 0 spiro atoms. The predicted molar refractivity (Wildman–Crippen MR) is 103 cm³/mol. The van der Waals surface area contributed by atoms with E-state index in [2.05, 4.69) is 39.0 Å². The number of carboxylic acids is 2. The summed E-state index contributed by atoms with van der Waals surface area (Å²) in [6.07, 6.45) is 1.87. The Balaban J connectivity index is 0.000000409. The van der Waals surface area contributed by atoms with Crippen molar-refractivity contribution in [2.75, 3.05) is 33.3 Å². The Morgan fingerprint density at radius 1 is 0.929 bits per heavy atom. The quantitative estimate of drug-likeness (QED) is 0.745. The van der Waals surface area contributed by atoms with E-state index in [9.17, 15) is 0 Å². The van der Waals surface area contributed by atoms with Crippen molar-refractivity contribution >= 4 is 11.9 Å². The third-order valence-corrected chi connectivity index (χ3v) is 4.32. The van der Waals surface area contributed by atoms with Gasteiger partial charge in [-0.3, -0.25) is 14.8 Å². The van der Waals surface area contributed by atoms with Gasteiger partial charge in [0.05, 0.1) is 12.8 Å². The average molecular weight is 387 g/mol. The van der Waals surface area contributed by atoms with E-state index in [0.29, 0.717) is 0 Å². The van der Waals surface area contributed by atoms with Crippen molar-refractivity contribution in [1.82, 2.24) is 14.8 Å². The van der Waals surface area contributed by atoms with Crippen LogP contribution in [0.4, 0.5) is 0 Å². The molecule has 0 unspecified atom stereocenters. The standard InChI is InChI=1S/C18H23N3O.C2H2O4/c1-22-18-7-5-16(6-8-18)14-20-10-12-21(13-11-20)15-17-4-2-3-9-19-17;3-1(4)2(5)6/h2-9H,10-15H2,1H3;(H,3,4)(H,5,6). The molecule has 1 fully saturated rings. The van der Waals surface area contributed by atoms with E-state index in [-0.39, 0.29) is 0 Å². The van der Waals surface area contributed by atoms with Crippen LogP contribution in [0.3, 0.4) is 0 Å². The lowest BCUT2D eigenvalue weighted by Gasteiger charge is -2.34. The normalized spacial score (nSPS) is 14.6. The zero-order valence-electron chi connectivity index (χ0n) is 15.8. The Hall–Kier alpha value is -2.97. The molecule has 1 aromatic heterocycles. The van der Waals surface area contributed by atoms with Gasteiger partial charge in [0.25, 0.3) is 0 Å². The molecule has 0 radical (unpaired) electrons. The van der Waals surface area contributed by atoms with Crippen LogP contribution < -0.4 is 4.74 Å². The number of methoxy groups -OCH3 is 1. The zero-order valence-corrected chi connectivity index (χ0v) is 15.8. The molecule has 8 nitrogen and oxygen atoms in total. The molecule has 1 saturated heterocycles. The van der Waals surface area contributed by atoms with Crippen LogP contribution in [0.2, 0.25) is 0 Å². The van der Waals surface area contributed by atoms with E-state index < -0.39 is 11.9 Å². The summed E-state index contributed by atoms with van der Waals surface area (Å²) in [6, 6.07) is 14.5. The second-order valence-corrected chi connectivity index (χ2v) is 6.33. The molecule has 1 aromatic carbocycles. The molecule has 8 heteroatoms. The van der Waals surface area contributed by atoms with E-state index >= 15 is 0 Å². The topological polar surface area (TPSA) is 103 Å². The van der Waals surface area contributed by atoms with Gasteiger partial charge >= 0.3 is 11.9 Å². The van der Waals surface area contributed by atoms with E-state index in [1.807, 2.05) is 24.4 Å². The number of hydrogen-bond donors (Lipinski definition) is 2. The number of pyridine rings is 1. The van der Waals surface area contributed by atoms with Gasteiger partial charge < -0.3 is 14.9 Å². The van der Waals surface area contributed by atoms with Crippen molar-refractivity contribution in [1.29, 1.82) is 0 Å². The van der Waals surface area contributed by atoms with Crippen LogP contribution in [0, 0.1) is 0 Å². The molecule has 0 saturated carbocycles. The molecule has 2 N–H and O–H groups in total. The second-order valence-electron chi connectivity index (χ2n) is 6.33. The van der Waals surface area contributed by atoms with Crippen molar-refractivity contribution < 1.29 is 24.5 Å². The lowest BCUT2D eigenvalue weighted by molar-refractivity contribution is -0.159. The minimum Gasteiger partial charge on any atom is -0.497 e. The molecule has 0 bridgehead atoms. The van der Waals surface area contributed by atoms with Crippen molar-refractivity contribution in [3.63, 3.8) is 0 Å². The number of hydrogen-bond acceptors (Lipinski definition) is 6. The lowest BCUT2D eigenvalue weighted by Crippen LogP contribution is -2.45. The highest BCUT2D eigenvalue weighted by Crippen LogP contribution is 2.14. The van der Waals surface area contributed by atoms with Crippen molar-refractivity contribution in [3.05, 3.63) is 59.9 Å². The number of carboxylic acid groups (broad SMARTS) is 2. The summed E-state index contributed by atoms with van der Waals surface area (Å²) in [5.41, 5.74) is 2.50. The maximum atomic E-state index is 9.10. The van der Waals surface area contributed by atoms with Crippen LogP contribution in [0.25, 0.3) is 0 Å². The van der Waals surface area contributed by atoms with Gasteiger partial charge in [0.15, 0.2) is 0 Å². The van der Waals surface area contributed by atoms with Gasteiger partial charge in [-0.15, -0.1) is 0 Å². The molecule has 28 heavy (non-hydrogen) atoms. The molecule has 0 amide bonds. The Morgan fingerprint density at radius 2 is 1.50 bits per heavy atom. The van der Waals surface area contributed by atoms with Crippen LogP contribution >= 0.6 is 0 Å². The number of nitrogens with zero attached hydrogens (tertiary/aromatic N) is 3. The monoisotopic (exact) mass is 387 g/mol. The highest BCUT2D eigenvalue weighted by Gasteiger charge is 2.17. The Kier molecular flexibility index (Phi) is 8.38. The van der Waals surface area contributed by atoms with E-state index in [1.165, 1.54) is 5.56 Å². The molecule has 1 aliphatic heterocycles. The van der Waals surface area contributed by atoms with Crippen LogP contribution in [-0.4, -0.2) is 70.2 Å². The summed E-state index contributed by atoms with van der Waals surface area (Å²) in [6.45, 7) is 6.40. The van der Waals surface area contributed by atoms with Crippen LogP contribution in [0.5, 0.6) is 5.75 Å². The first-order valence-electron chi connectivity index (χ1n) is 8.91. The molecule has 0 atom stereocenters. The van der Waals surface area contributed by atoms with Crippen LogP contribution in [0.15, 0.2) is 48.7 Å². The minimum absolute atomic E-state index is 0.920.